The van der Waals surface area contributed by atoms with Gasteiger partial charge in [0, 0.05) is 50.2 Å². The molecule has 3 aromatic heterocycles. The summed E-state index contributed by atoms with van der Waals surface area (Å²) in [6.07, 6.45) is 8.21. The van der Waals surface area contributed by atoms with Crippen LogP contribution < -0.4 is 0 Å². The number of aromatic amines is 2. The molecule has 3 N–H and O–H groups in total. The predicted octanol–water partition coefficient (Wildman–Crippen LogP) is 9.09. The van der Waals surface area contributed by atoms with Crippen LogP contribution in [0.4, 0.5) is 0 Å². The van der Waals surface area contributed by atoms with Crippen LogP contribution in [0.2, 0.25) is 0 Å². The Bertz CT molecular complexity index is 2440. The monoisotopic (exact) mass is 606 g/mol. The third-order valence-electron chi connectivity index (χ3n) is 8.19. The number of benzene rings is 3. The second-order valence-corrected chi connectivity index (χ2v) is 11.2. The smallest absolute Gasteiger partial charge is 0.382 e. The SMILES string of the molecule is O=C(O)C#Cc1ccc(-c2c3nc(c(-c4ccccc4)c4ccc(cc5nc(c(-c6ccccc6)c6ccc2[nH]6)C=C5)[nH]4)C=C3)cc1. The molecular weight excluding hydrogens is 580 g/mol. The maximum atomic E-state index is 11.0. The fourth-order valence-corrected chi connectivity index (χ4v) is 6.11. The van der Waals surface area contributed by atoms with E-state index in [0.29, 0.717) is 5.56 Å². The Morgan fingerprint density at radius 3 is 1.66 bits per heavy atom. The Morgan fingerprint density at radius 1 is 0.553 bits per heavy atom. The molecule has 2 aliphatic heterocycles. The molecule has 0 radical (unpaired) electrons. The molecule has 222 valence electrons. The normalized spacial score (nSPS) is 11.7. The van der Waals surface area contributed by atoms with Crippen LogP contribution in [0.25, 0.3) is 79.8 Å². The largest absolute Gasteiger partial charge is 0.472 e. The van der Waals surface area contributed by atoms with Gasteiger partial charge in [0.05, 0.1) is 22.8 Å². The minimum absolute atomic E-state index is 0.616. The van der Waals surface area contributed by atoms with Gasteiger partial charge < -0.3 is 15.1 Å². The zero-order valence-electron chi connectivity index (χ0n) is 25.0. The van der Waals surface area contributed by atoms with E-state index in [0.717, 1.165) is 78.2 Å². The molecule has 0 saturated heterocycles. The molecule has 0 atom stereocenters. The van der Waals surface area contributed by atoms with Gasteiger partial charge in [-0.05, 0) is 83.5 Å². The van der Waals surface area contributed by atoms with E-state index < -0.39 is 5.97 Å². The van der Waals surface area contributed by atoms with Crippen molar-refractivity contribution >= 4 is 52.3 Å². The van der Waals surface area contributed by atoms with Crippen LogP contribution >= 0.6 is 0 Å². The van der Waals surface area contributed by atoms with Gasteiger partial charge >= 0.3 is 5.97 Å². The van der Waals surface area contributed by atoms with E-state index >= 15 is 0 Å². The van der Waals surface area contributed by atoms with Gasteiger partial charge in [-0.2, -0.15) is 0 Å². The first-order valence-corrected chi connectivity index (χ1v) is 15.2. The fourth-order valence-electron chi connectivity index (χ4n) is 6.11. The lowest BCUT2D eigenvalue weighted by molar-refractivity contribution is -0.130. The van der Waals surface area contributed by atoms with Crippen molar-refractivity contribution in [3.63, 3.8) is 0 Å². The lowest BCUT2D eigenvalue weighted by atomic mass is 10.0. The number of carboxylic acids is 1. The van der Waals surface area contributed by atoms with E-state index in [1.165, 1.54) is 0 Å². The van der Waals surface area contributed by atoms with E-state index in [1.54, 1.807) is 0 Å². The zero-order chi connectivity index (χ0) is 31.7. The number of aliphatic carboxylic acids is 1. The highest BCUT2D eigenvalue weighted by Gasteiger charge is 2.16. The lowest BCUT2D eigenvalue weighted by Crippen LogP contribution is -1.89. The molecule has 0 fully saturated rings. The molecule has 0 aliphatic carbocycles. The summed E-state index contributed by atoms with van der Waals surface area (Å²) < 4.78 is 0. The van der Waals surface area contributed by atoms with Crippen LogP contribution in [-0.2, 0) is 4.79 Å². The second kappa shape index (κ2) is 11.7. The van der Waals surface area contributed by atoms with Crippen molar-refractivity contribution in [1.29, 1.82) is 0 Å². The minimum Gasteiger partial charge on any atom is -0.472 e. The average Bonchev–Trinajstić information content (AvgIpc) is 3.93. The number of hydrogen-bond donors (Lipinski definition) is 3. The molecule has 8 bridgehead atoms. The number of carbonyl (C=O) groups is 1. The summed E-state index contributed by atoms with van der Waals surface area (Å²) in [4.78, 5) is 28.6. The quantitative estimate of drug-likeness (QED) is 0.175. The van der Waals surface area contributed by atoms with E-state index in [2.05, 4.69) is 88.6 Å². The Hall–Kier alpha value is -6.71. The highest BCUT2D eigenvalue weighted by molar-refractivity contribution is 5.97. The van der Waals surface area contributed by atoms with Gasteiger partial charge in [-0.3, -0.25) is 0 Å². The van der Waals surface area contributed by atoms with Gasteiger partial charge in [0.2, 0.25) is 0 Å². The first-order chi connectivity index (χ1) is 23.1. The number of H-pyrrole nitrogens is 2. The van der Waals surface area contributed by atoms with Crippen molar-refractivity contribution < 1.29 is 9.90 Å². The molecule has 0 saturated carbocycles. The van der Waals surface area contributed by atoms with Gasteiger partial charge in [-0.15, -0.1) is 0 Å². The maximum absolute atomic E-state index is 11.0. The van der Waals surface area contributed by atoms with Crippen molar-refractivity contribution in [2.45, 2.75) is 0 Å². The van der Waals surface area contributed by atoms with Crippen LogP contribution in [0.5, 0.6) is 0 Å². The molecule has 6 heteroatoms. The molecule has 5 heterocycles. The molecule has 2 aliphatic rings. The highest BCUT2D eigenvalue weighted by Crippen LogP contribution is 2.36. The van der Waals surface area contributed by atoms with Gasteiger partial charge in [-0.25, -0.2) is 14.8 Å². The maximum Gasteiger partial charge on any atom is 0.382 e. The van der Waals surface area contributed by atoms with Crippen LogP contribution in [0.1, 0.15) is 28.3 Å². The summed E-state index contributed by atoms with van der Waals surface area (Å²) in [5.41, 5.74) is 13.6. The number of carboxylic acid groups (broad SMARTS) is 1. The predicted molar refractivity (Wildman–Crippen MR) is 190 cm³/mol. The Morgan fingerprint density at radius 2 is 1.06 bits per heavy atom. The van der Waals surface area contributed by atoms with Crippen molar-refractivity contribution in [3.05, 3.63) is 144 Å². The minimum atomic E-state index is -1.16. The van der Waals surface area contributed by atoms with Crippen molar-refractivity contribution in [3.8, 4) is 45.2 Å². The molecule has 0 amide bonds. The molecule has 0 unspecified atom stereocenters. The molecule has 47 heavy (non-hydrogen) atoms. The fraction of sp³-hybridized carbons (Fsp3) is 0. The molecular formula is C41H26N4O2. The number of aromatic nitrogens is 4. The Labute approximate surface area is 270 Å². The van der Waals surface area contributed by atoms with Crippen LogP contribution in [0.15, 0.2) is 115 Å². The van der Waals surface area contributed by atoms with Crippen molar-refractivity contribution in [2.75, 3.05) is 0 Å². The van der Waals surface area contributed by atoms with E-state index in [-0.39, 0.29) is 0 Å². The molecule has 6 aromatic rings. The highest BCUT2D eigenvalue weighted by atomic mass is 16.4. The van der Waals surface area contributed by atoms with Crippen LogP contribution in [0.3, 0.4) is 0 Å². The molecule has 8 rings (SSSR count). The summed E-state index contributed by atoms with van der Waals surface area (Å²) in [6.45, 7) is 0. The Kier molecular flexibility index (Phi) is 6.90. The number of hydrogen-bond acceptors (Lipinski definition) is 3. The van der Waals surface area contributed by atoms with Gasteiger partial charge in [0.25, 0.3) is 0 Å². The summed E-state index contributed by atoms with van der Waals surface area (Å²) in [7, 11) is 0. The van der Waals surface area contributed by atoms with Crippen molar-refractivity contribution in [2.24, 2.45) is 0 Å². The first kappa shape index (κ1) is 27.8. The number of rotatable bonds is 3. The molecule has 3 aromatic carbocycles. The molecule has 0 spiro atoms. The van der Waals surface area contributed by atoms with E-state index in [4.69, 9.17) is 15.1 Å². The van der Waals surface area contributed by atoms with E-state index in [1.807, 2.05) is 72.8 Å². The van der Waals surface area contributed by atoms with Gasteiger partial charge in [-0.1, -0.05) is 78.7 Å². The number of nitrogens with zero attached hydrogens (tertiary/aromatic N) is 2. The molecule has 6 nitrogen and oxygen atoms in total. The van der Waals surface area contributed by atoms with Crippen LogP contribution in [-0.4, -0.2) is 31.0 Å². The standard InChI is InChI=1S/C41H26N4O2/c46-38(47)24-13-26-11-14-29(15-12-26)41-36-22-20-34(44-36)39(27-7-3-1-4-8-27)32-18-16-30(42-32)25-31-17-19-33(43-31)40(28-9-5-2-6-10-28)35-21-23-37(41)45-35/h1-12,14-23,25,42,45H,(H,46,47). The Balaban J connectivity index is 1.49. The summed E-state index contributed by atoms with van der Waals surface area (Å²) in [6, 6.07) is 38.5. The lowest BCUT2D eigenvalue weighted by Gasteiger charge is -2.06. The summed E-state index contributed by atoms with van der Waals surface area (Å²) >= 11 is 0. The summed E-state index contributed by atoms with van der Waals surface area (Å²) in [5, 5.41) is 9.03. The third-order valence-corrected chi connectivity index (χ3v) is 8.19. The van der Waals surface area contributed by atoms with E-state index in [9.17, 15) is 4.79 Å². The van der Waals surface area contributed by atoms with Crippen molar-refractivity contribution in [1.82, 2.24) is 19.9 Å². The average molecular weight is 607 g/mol. The van der Waals surface area contributed by atoms with Crippen LogP contribution in [0, 0.1) is 11.8 Å². The second-order valence-electron chi connectivity index (χ2n) is 11.2. The first-order valence-electron chi connectivity index (χ1n) is 15.2. The summed E-state index contributed by atoms with van der Waals surface area (Å²) in [5.74, 6) is 3.73. The van der Waals surface area contributed by atoms with Gasteiger partial charge in [0.15, 0.2) is 0 Å². The topological polar surface area (TPSA) is 94.7 Å². The zero-order valence-corrected chi connectivity index (χ0v) is 25.0. The number of fused-ring (bicyclic) bond motifs is 8. The third kappa shape index (κ3) is 5.43. The van der Waals surface area contributed by atoms with Gasteiger partial charge in [0.1, 0.15) is 0 Å². The number of nitrogens with one attached hydrogen (secondary N) is 2.